The predicted molar refractivity (Wildman–Crippen MR) is 91.3 cm³/mol. The molecular formula is C17H35NO5. The van der Waals surface area contributed by atoms with E-state index in [1.54, 1.807) is 4.90 Å². The number of aliphatic hydroxyl groups is 1. The van der Waals surface area contributed by atoms with Crippen LogP contribution >= 0.6 is 0 Å². The highest BCUT2D eigenvalue weighted by atomic mass is 16.6. The number of rotatable bonds is 4. The first-order chi connectivity index (χ1) is 10.8. The molecule has 0 aromatic heterocycles. The summed E-state index contributed by atoms with van der Waals surface area (Å²) < 4.78 is 10.5. The monoisotopic (exact) mass is 333 g/mol. The maximum Gasteiger partial charge on any atom is 0.410 e. The number of ether oxygens (including phenoxy) is 2. The molecule has 1 aliphatic heterocycles. The van der Waals surface area contributed by atoms with E-state index in [4.69, 9.17) is 14.6 Å². The molecule has 1 fully saturated rings. The van der Waals surface area contributed by atoms with E-state index in [1.165, 1.54) is 0 Å². The van der Waals surface area contributed by atoms with E-state index in [1.807, 2.05) is 41.5 Å². The second kappa shape index (κ2) is 13.2. The third-order valence-electron chi connectivity index (χ3n) is 2.92. The van der Waals surface area contributed by atoms with Crippen LogP contribution in [0.1, 0.15) is 60.8 Å². The molecular weight excluding hydrogens is 298 g/mol. The number of likely N-dealkylation sites (tertiary alicyclic amines) is 1. The third kappa shape index (κ3) is 11.0. The first-order valence-electron chi connectivity index (χ1n) is 8.42. The van der Waals surface area contributed by atoms with Crippen LogP contribution in [0, 0.1) is 5.92 Å². The Labute approximate surface area is 141 Å². The largest absolute Gasteiger partial charge is 0.465 e. The summed E-state index contributed by atoms with van der Waals surface area (Å²) in [5.41, 5.74) is -0.503. The van der Waals surface area contributed by atoms with E-state index >= 15 is 0 Å². The average Bonchev–Trinajstić information content (AvgIpc) is 3.00. The van der Waals surface area contributed by atoms with Crippen LogP contribution in [-0.2, 0) is 14.3 Å². The second-order valence-electron chi connectivity index (χ2n) is 5.93. The SMILES string of the molecule is CC.CCCCOC(=O)C1CCN(C(=O)OC(C)(C)C)C1.CO. The Bertz CT molecular complexity index is 325. The minimum Gasteiger partial charge on any atom is -0.465 e. The molecule has 1 N–H and O–H groups in total. The smallest absolute Gasteiger partial charge is 0.410 e. The van der Waals surface area contributed by atoms with Gasteiger partial charge in [0.2, 0.25) is 0 Å². The Morgan fingerprint density at radius 3 is 2.26 bits per heavy atom. The van der Waals surface area contributed by atoms with Gasteiger partial charge in [-0.2, -0.15) is 0 Å². The minimum absolute atomic E-state index is 0.195. The number of aliphatic hydroxyl groups excluding tert-OH is 1. The number of amides is 1. The molecule has 138 valence electrons. The number of carbonyl (C=O) groups is 2. The molecule has 0 radical (unpaired) electrons. The standard InChI is InChI=1S/C14H25NO4.C2H6.CH4O/c1-5-6-9-18-12(16)11-7-8-15(10-11)13(17)19-14(2,3)4;2*1-2/h11H,5-10H2,1-4H3;1-2H3;2H,1H3. The van der Waals surface area contributed by atoms with Crippen molar-refractivity contribution >= 4 is 12.1 Å². The fraction of sp³-hybridized carbons (Fsp3) is 0.882. The van der Waals surface area contributed by atoms with Crippen molar-refractivity contribution in [2.24, 2.45) is 5.92 Å². The summed E-state index contributed by atoms with van der Waals surface area (Å²) in [5.74, 6) is -0.399. The molecule has 0 spiro atoms. The average molecular weight is 333 g/mol. The van der Waals surface area contributed by atoms with Gasteiger partial charge in [0, 0.05) is 20.2 Å². The van der Waals surface area contributed by atoms with Crippen LogP contribution in [-0.4, -0.2) is 54.5 Å². The van der Waals surface area contributed by atoms with Gasteiger partial charge in [0.15, 0.2) is 0 Å². The summed E-state index contributed by atoms with van der Waals surface area (Å²) >= 11 is 0. The molecule has 1 amide bonds. The normalized spacial score (nSPS) is 16.5. The predicted octanol–water partition coefficient (Wildman–Crippen LogP) is 3.22. The Balaban J connectivity index is 0. The molecule has 0 aliphatic carbocycles. The topological polar surface area (TPSA) is 76.1 Å². The van der Waals surface area contributed by atoms with Crippen molar-refractivity contribution in [3.63, 3.8) is 0 Å². The molecule has 1 rings (SSSR count). The second-order valence-corrected chi connectivity index (χ2v) is 5.93. The maximum absolute atomic E-state index is 11.8. The van der Waals surface area contributed by atoms with E-state index in [-0.39, 0.29) is 18.0 Å². The zero-order chi connectivity index (χ0) is 18.5. The molecule has 1 heterocycles. The van der Waals surface area contributed by atoms with Gasteiger partial charge < -0.3 is 19.5 Å². The van der Waals surface area contributed by atoms with Crippen molar-refractivity contribution in [2.45, 2.75) is 66.4 Å². The van der Waals surface area contributed by atoms with Gasteiger partial charge >= 0.3 is 12.1 Å². The molecule has 6 nitrogen and oxygen atoms in total. The van der Waals surface area contributed by atoms with Crippen LogP contribution in [0.3, 0.4) is 0 Å². The van der Waals surface area contributed by atoms with Crippen molar-refractivity contribution in [1.29, 1.82) is 0 Å². The maximum atomic E-state index is 11.8. The molecule has 0 saturated carbocycles. The fourth-order valence-corrected chi connectivity index (χ4v) is 1.88. The van der Waals surface area contributed by atoms with Crippen LogP contribution in [0.2, 0.25) is 0 Å². The molecule has 23 heavy (non-hydrogen) atoms. The molecule has 0 aromatic rings. The Morgan fingerprint density at radius 2 is 1.78 bits per heavy atom. The highest BCUT2D eigenvalue weighted by Crippen LogP contribution is 2.20. The zero-order valence-corrected chi connectivity index (χ0v) is 15.8. The number of carbonyl (C=O) groups excluding carboxylic acids is 2. The van der Waals surface area contributed by atoms with Crippen molar-refractivity contribution in [3.8, 4) is 0 Å². The lowest BCUT2D eigenvalue weighted by Gasteiger charge is -2.24. The number of esters is 1. The molecule has 1 unspecified atom stereocenters. The first kappa shape index (κ1) is 24.0. The number of hydrogen-bond donors (Lipinski definition) is 1. The molecule has 1 saturated heterocycles. The van der Waals surface area contributed by atoms with E-state index in [0.29, 0.717) is 26.1 Å². The van der Waals surface area contributed by atoms with E-state index < -0.39 is 5.60 Å². The van der Waals surface area contributed by atoms with Gasteiger partial charge in [-0.05, 0) is 33.6 Å². The fourth-order valence-electron chi connectivity index (χ4n) is 1.88. The minimum atomic E-state index is -0.503. The van der Waals surface area contributed by atoms with Gasteiger partial charge in [0.1, 0.15) is 5.60 Å². The molecule has 1 atom stereocenters. The van der Waals surface area contributed by atoms with Crippen LogP contribution in [0.5, 0.6) is 0 Å². The van der Waals surface area contributed by atoms with Gasteiger partial charge in [-0.15, -0.1) is 0 Å². The van der Waals surface area contributed by atoms with Gasteiger partial charge in [0.05, 0.1) is 12.5 Å². The third-order valence-corrected chi connectivity index (χ3v) is 2.92. The van der Waals surface area contributed by atoms with Gasteiger partial charge in [-0.3, -0.25) is 4.79 Å². The van der Waals surface area contributed by atoms with Crippen molar-refractivity contribution in [2.75, 3.05) is 26.8 Å². The zero-order valence-electron chi connectivity index (χ0n) is 15.8. The van der Waals surface area contributed by atoms with Crippen molar-refractivity contribution in [1.82, 2.24) is 4.90 Å². The lowest BCUT2D eigenvalue weighted by atomic mass is 10.1. The number of hydrogen-bond acceptors (Lipinski definition) is 5. The van der Waals surface area contributed by atoms with Gasteiger partial charge in [0.25, 0.3) is 0 Å². The summed E-state index contributed by atoms with van der Waals surface area (Å²) in [6.45, 7) is 13.0. The first-order valence-corrected chi connectivity index (χ1v) is 8.42. The lowest BCUT2D eigenvalue weighted by Crippen LogP contribution is -2.36. The Kier molecular flexibility index (Phi) is 13.7. The van der Waals surface area contributed by atoms with Gasteiger partial charge in [-0.1, -0.05) is 27.2 Å². The highest BCUT2D eigenvalue weighted by molar-refractivity contribution is 5.75. The summed E-state index contributed by atoms with van der Waals surface area (Å²) in [5, 5.41) is 7.00. The molecule has 0 aromatic carbocycles. The van der Waals surface area contributed by atoms with Crippen molar-refractivity contribution in [3.05, 3.63) is 0 Å². The summed E-state index contributed by atoms with van der Waals surface area (Å²) in [6.07, 6.45) is 2.19. The number of nitrogens with zero attached hydrogens (tertiary/aromatic N) is 1. The summed E-state index contributed by atoms with van der Waals surface area (Å²) in [4.78, 5) is 25.2. The van der Waals surface area contributed by atoms with E-state index in [9.17, 15) is 9.59 Å². The molecule has 0 bridgehead atoms. The van der Waals surface area contributed by atoms with Crippen LogP contribution in [0.25, 0.3) is 0 Å². The number of unbranched alkanes of at least 4 members (excludes halogenated alkanes) is 1. The van der Waals surface area contributed by atoms with Crippen LogP contribution in [0.4, 0.5) is 4.79 Å². The summed E-state index contributed by atoms with van der Waals surface area (Å²) in [7, 11) is 1.00. The lowest BCUT2D eigenvalue weighted by molar-refractivity contribution is -0.148. The van der Waals surface area contributed by atoms with Crippen molar-refractivity contribution < 1.29 is 24.2 Å². The quantitative estimate of drug-likeness (QED) is 0.631. The van der Waals surface area contributed by atoms with E-state index in [2.05, 4.69) is 0 Å². The molecule has 1 aliphatic rings. The van der Waals surface area contributed by atoms with Crippen LogP contribution in [0.15, 0.2) is 0 Å². The highest BCUT2D eigenvalue weighted by Gasteiger charge is 2.34. The van der Waals surface area contributed by atoms with Gasteiger partial charge in [-0.25, -0.2) is 4.79 Å². The van der Waals surface area contributed by atoms with Crippen LogP contribution < -0.4 is 0 Å². The Morgan fingerprint density at radius 1 is 1.22 bits per heavy atom. The summed E-state index contributed by atoms with van der Waals surface area (Å²) in [6, 6.07) is 0. The Hall–Kier alpha value is -1.30. The molecule has 6 heteroatoms. The van der Waals surface area contributed by atoms with E-state index in [0.717, 1.165) is 20.0 Å².